The van der Waals surface area contributed by atoms with Crippen LogP contribution in [0.4, 0.5) is 11.5 Å². The normalized spacial score (nSPS) is 11.2. The number of hydrogen-bond acceptors (Lipinski definition) is 4. The van der Waals surface area contributed by atoms with Gasteiger partial charge < -0.3 is 5.73 Å². The molecule has 1 aromatic carbocycles. The lowest BCUT2D eigenvalue weighted by molar-refractivity contribution is 0.600. The number of hydrogen-bond donors (Lipinski definition) is 2. The minimum atomic E-state index is -3.49. The third kappa shape index (κ3) is 3.96. The van der Waals surface area contributed by atoms with E-state index in [4.69, 9.17) is 5.73 Å². The highest BCUT2D eigenvalue weighted by Gasteiger charge is 2.12. The third-order valence-corrected chi connectivity index (χ3v) is 3.69. The van der Waals surface area contributed by atoms with Crippen LogP contribution in [0, 0.1) is 6.92 Å². The molecule has 0 saturated carbocycles. The zero-order valence-corrected chi connectivity index (χ0v) is 11.3. The van der Waals surface area contributed by atoms with Gasteiger partial charge in [0.25, 0.3) is 0 Å². The number of benzene rings is 1. The Kier molecular flexibility index (Phi) is 3.71. The Morgan fingerprint density at radius 2 is 1.95 bits per heavy atom. The summed E-state index contributed by atoms with van der Waals surface area (Å²) in [4.78, 5) is 4.10. The summed E-state index contributed by atoms with van der Waals surface area (Å²) in [6, 6.07) is 12.0. The lowest BCUT2D eigenvalue weighted by Crippen LogP contribution is -2.16. The lowest BCUT2D eigenvalue weighted by Gasteiger charge is -2.08. The number of nitrogens with one attached hydrogen (secondary N) is 1. The molecule has 0 aliphatic rings. The first kappa shape index (κ1) is 13.4. The Morgan fingerprint density at radius 3 is 2.63 bits per heavy atom. The highest BCUT2D eigenvalue weighted by Crippen LogP contribution is 2.13. The van der Waals surface area contributed by atoms with Gasteiger partial charge >= 0.3 is 0 Å². The first-order chi connectivity index (χ1) is 8.94. The van der Waals surface area contributed by atoms with E-state index < -0.39 is 10.0 Å². The minimum absolute atomic E-state index is 0.131. The zero-order chi connectivity index (χ0) is 13.9. The molecule has 0 atom stereocenters. The average molecular weight is 277 g/mol. The van der Waals surface area contributed by atoms with E-state index in [2.05, 4.69) is 9.71 Å². The van der Waals surface area contributed by atoms with Crippen molar-refractivity contribution in [3.05, 3.63) is 53.7 Å². The Bertz CT molecular complexity index is 630. The van der Waals surface area contributed by atoms with Gasteiger partial charge in [-0.25, -0.2) is 13.4 Å². The molecule has 0 bridgehead atoms. The van der Waals surface area contributed by atoms with Gasteiger partial charge in [-0.3, -0.25) is 4.72 Å². The molecule has 100 valence electrons. The molecule has 1 aromatic heterocycles. The summed E-state index contributed by atoms with van der Waals surface area (Å²) in [5.41, 5.74) is 7.56. The van der Waals surface area contributed by atoms with Crippen LogP contribution in [0.2, 0.25) is 0 Å². The molecule has 3 N–H and O–H groups in total. The Balaban J connectivity index is 2.15. The maximum atomic E-state index is 12.0. The van der Waals surface area contributed by atoms with Crippen LogP contribution >= 0.6 is 0 Å². The topological polar surface area (TPSA) is 85.1 Å². The summed E-state index contributed by atoms with van der Waals surface area (Å²) < 4.78 is 26.4. The molecule has 6 heteroatoms. The highest BCUT2D eigenvalue weighted by atomic mass is 32.2. The number of nitrogen functional groups attached to an aromatic ring is 1. The van der Waals surface area contributed by atoms with Crippen LogP contribution in [0.15, 0.2) is 42.5 Å². The van der Waals surface area contributed by atoms with Gasteiger partial charge in [-0.05, 0) is 36.8 Å². The molecule has 0 radical (unpaired) electrons. The minimum Gasteiger partial charge on any atom is -0.399 e. The van der Waals surface area contributed by atoms with Gasteiger partial charge in [-0.15, -0.1) is 0 Å². The van der Waals surface area contributed by atoms with E-state index >= 15 is 0 Å². The SMILES string of the molecule is Cc1cccc(NS(=O)(=O)Cc2cccc(N)c2)n1. The molecule has 2 rings (SSSR count). The monoisotopic (exact) mass is 277 g/mol. The second-order valence-electron chi connectivity index (χ2n) is 4.27. The van der Waals surface area contributed by atoms with Crippen molar-refractivity contribution >= 4 is 21.5 Å². The summed E-state index contributed by atoms with van der Waals surface area (Å²) in [7, 11) is -3.49. The fourth-order valence-electron chi connectivity index (χ4n) is 1.70. The van der Waals surface area contributed by atoms with Crippen LogP contribution in [0.25, 0.3) is 0 Å². The predicted molar refractivity (Wildman–Crippen MR) is 76.1 cm³/mol. The summed E-state index contributed by atoms with van der Waals surface area (Å²) in [5.74, 6) is 0.192. The molecule has 19 heavy (non-hydrogen) atoms. The molecule has 0 fully saturated rings. The molecule has 2 aromatic rings. The molecule has 0 saturated heterocycles. The van der Waals surface area contributed by atoms with Crippen molar-refractivity contribution in [3.8, 4) is 0 Å². The van der Waals surface area contributed by atoms with Crippen LogP contribution in [0.1, 0.15) is 11.3 Å². The average Bonchev–Trinajstić information content (AvgIpc) is 2.27. The number of nitrogens with two attached hydrogens (primary N) is 1. The maximum Gasteiger partial charge on any atom is 0.238 e. The van der Waals surface area contributed by atoms with Gasteiger partial charge in [0.1, 0.15) is 5.82 Å². The number of pyridine rings is 1. The molecule has 0 aliphatic heterocycles. The summed E-state index contributed by atoms with van der Waals surface area (Å²) in [5, 5.41) is 0. The first-order valence-corrected chi connectivity index (χ1v) is 7.38. The fraction of sp³-hybridized carbons (Fsp3) is 0.154. The van der Waals surface area contributed by atoms with Crippen LogP contribution < -0.4 is 10.5 Å². The number of nitrogens with zero attached hydrogens (tertiary/aromatic N) is 1. The fourth-order valence-corrected chi connectivity index (χ4v) is 2.82. The van der Waals surface area contributed by atoms with Gasteiger partial charge in [-0.2, -0.15) is 0 Å². The van der Waals surface area contributed by atoms with E-state index in [0.717, 1.165) is 5.69 Å². The van der Waals surface area contributed by atoms with Crippen molar-refractivity contribution in [3.63, 3.8) is 0 Å². The second kappa shape index (κ2) is 5.27. The van der Waals surface area contributed by atoms with Crippen molar-refractivity contribution in [2.45, 2.75) is 12.7 Å². The number of rotatable bonds is 4. The van der Waals surface area contributed by atoms with Crippen molar-refractivity contribution in [1.29, 1.82) is 0 Å². The third-order valence-electron chi connectivity index (χ3n) is 2.46. The van der Waals surface area contributed by atoms with Crippen LogP contribution in [0.3, 0.4) is 0 Å². The molecule has 1 heterocycles. The molecule has 0 aliphatic carbocycles. The number of aryl methyl sites for hydroxylation is 1. The molecule has 0 amide bonds. The number of aromatic nitrogens is 1. The molecule has 5 nitrogen and oxygen atoms in total. The van der Waals surface area contributed by atoms with Crippen LogP contribution in [0.5, 0.6) is 0 Å². The van der Waals surface area contributed by atoms with E-state index in [-0.39, 0.29) is 5.75 Å². The second-order valence-corrected chi connectivity index (χ2v) is 5.99. The maximum absolute atomic E-state index is 12.0. The van der Waals surface area contributed by atoms with Gasteiger partial charge in [0.2, 0.25) is 10.0 Å². The summed E-state index contributed by atoms with van der Waals surface area (Å²) in [6.45, 7) is 1.80. The highest BCUT2D eigenvalue weighted by molar-refractivity contribution is 7.91. The summed E-state index contributed by atoms with van der Waals surface area (Å²) >= 11 is 0. The Morgan fingerprint density at radius 1 is 1.21 bits per heavy atom. The molecule has 0 spiro atoms. The zero-order valence-electron chi connectivity index (χ0n) is 10.5. The van der Waals surface area contributed by atoms with Crippen molar-refractivity contribution in [2.24, 2.45) is 0 Å². The number of anilines is 2. The van der Waals surface area contributed by atoms with Crippen molar-refractivity contribution in [2.75, 3.05) is 10.5 Å². The first-order valence-electron chi connectivity index (χ1n) is 5.73. The van der Waals surface area contributed by atoms with Gasteiger partial charge in [0.15, 0.2) is 0 Å². The quantitative estimate of drug-likeness (QED) is 0.836. The predicted octanol–water partition coefficient (Wildman–Crippen LogP) is 1.91. The van der Waals surface area contributed by atoms with E-state index in [0.29, 0.717) is 17.1 Å². The molecule has 0 unspecified atom stereocenters. The van der Waals surface area contributed by atoms with Crippen LogP contribution in [-0.2, 0) is 15.8 Å². The smallest absolute Gasteiger partial charge is 0.238 e. The van der Waals surface area contributed by atoms with Crippen LogP contribution in [-0.4, -0.2) is 13.4 Å². The van der Waals surface area contributed by atoms with E-state index in [1.54, 1.807) is 49.4 Å². The Labute approximate surface area is 112 Å². The van der Waals surface area contributed by atoms with Crippen molar-refractivity contribution < 1.29 is 8.42 Å². The van der Waals surface area contributed by atoms with E-state index in [1.807, 2.05) is 0 Å². The van der Waals surface area contributed by atoms with E-state index in [1.165, 1.54) is 0 Å². The molecular formula is C13H15N3O2S. The number of sulfonamides is 1. The molecular weight excluding hydrogens is 262 g/mol. The summed E-state index contributed by atoms with van der Waals surface area (Å²) in [6.07, 6.45) is 0. The van der Waals surface area contributed by atoms with Gasteiger partial charge in [0.05, 0.1) is 5.75 Å². The standard InChI is InChI=1S/C13H15N3O2S/c1-10-4-2-7-13(15-10)16-19(17,18)9-11-5-3-6-12(14)8-11/h2-8H,9,14H2,1H3,(H,15,16). The van der Waals surface area contributed by atoms with E-state index in [9.17, 15) is 8.42 Å². The lowest BCUT2D eigenvalue weighted by atomic mass is 10.2. The van der Waals surface area contributed by atoms with Gasteiger partial charge in [0, 0.05) is 11.4 Å². The largest absolute Gasteiger partial charge is 0.399 e. The Hall–Kier alpha value is -2.08. The van der Waals surface area contributed by atoms with Crippen molar-refractivity contribution in [1.82, 2.24) is 4.98 Å². The van der Waals surface area contributed by atoms with Gasteiger partial charge in [-0.1, -0.05) is 18.2 Å².